The molecule has 0 aliphatic heterocycles. The average molecular weight is 287 g/mol. The van der Waals surface area contributed by atoms with Crippen LogP contribution in [0, 0.1) is 0 Å². The zero-order valence-corrected chi connectivity index (χ0v) is 12.2. The van der Waals surface area contributed by atoms with Crippen molar-refractivity contribution in [2.45, 2.75) is 50.1 Å². The number of nitrogens with one attached hydrogen (secondary N) is 1. The molecule has 8 heteroatoms. The van der Waals surface area contributed by atoms with Gasteiger partial charge in [-0.25, -0.2) is 4.68 Å². The fourth-order valence-corrected chi connectivity index (χ4v) is 2.57. The van der Waals surface area contributed by atoms with Gasteiger partial charge in [-0.05, 0) is 29.8 Å². The molecule has 0 aliphatic carbocycles. The number of hydrogen-bond donors (Lipinski definition) is 2. The number of rotatable bonds is 10. The summed E-state index contributed by atoms with van der Waals surface area (Å²) in [7, 11) is 0. The lowest BCUT2D eigenvalue weighted by Crippen LogP contribution is -2.22. The summed E-state index contributed by atoms with van der Waals surface area (Å²) in [5.74, 6) is -0.814. The molecule has 1 heterocycles. The van der Waals surface area contributed by atoms with E-state index >= 15 is 0 Å². The van der Waals surface area contributed by atoms with Crippen molar-refractivity contribution in [2.75, 3.05) is 13.1 Å². The number of tetrazole rings is 1. The van der Waals surface area contributed by atoms with Gasteiger partial charge in [-0.1, -0.05) is 32.0 Å². The molecule has 0 fully saturated rings. The predicted octanol–water partition coefficient (Wildman–Crippen LogP) is 1.02. The van der Waals surface area contributed by atoms with Gasteiger partial charge in [-0.2, -0.15) is 0 Å². The minimum Gasteiger partial charge on any atom is -0.480 e. The zero-order valence-electron chi connectivity index (χ0n) is 11.4. The Bertz CT molecular complexity index is 385. The van der Waals surface area contributed by atoms with Crippen LogP contribution in [0.4, 0.5) is 0 Å². The quantitative estimate of drug-likeness (QED) is 0.490. The van der Waals surface area contributed by atoms with E-state index in [4.69, 9.17) is 5.11 Å². The molecule has 1 atom stereocenters. The molecule has 0 radical (unpaired) electrons. The van der Waals surface area contributed by atoms with E-state index in [1.807, 2.05) is 6.92 Å². The SMILES string of the molecule is CCCNCCn1nnnc1SC(CCC)C(=O)O. The number of carboxylic acids is 1. The second kappa shape index (κ2) is 8.87. The number of hydrogen-bond acceptors (Lipinski definition) is 6. The summed E-state index contributed by atoms with van der Waals surface area (Å²) >= 11 is 1.22. The van der Waals surface area contributed by atoms with Gasteiger partial charge in [0, 0.05) is 6.54 Å². The Morgan fingerprint density at radius 1 is 1.42 bits per heavy atom. The maximum atomic E-state index is 11.1. The van der Waals surface area contributed by atoms with Gasteiger partial charge < -0.3 is 10.4 Å². The molecule has 0 aromatic carbocycles. The standard InChI is InChI=1S/C11H21N5O2S/c1-3-5-9(10(17)18)19-11-13-14-15-16(11)8-7-12-6-4-2/h9,12H,3-8H2,1-2H3,(H,17,18). The van der Waals surface area contributed by atoms with Crippen LogP contribution in [-0.2, 0) is 11.3 Å². The van der Waals surface area contributed by atoms with Crippen LogP contribution < -0.4 is 5.32 Å². The van der Waals surface area contributed by atoms with Crippen LogP contribution in [-0.4, -0.2) is 49.6 Å². The van der Waals surface area contributed by atoms with E-state index < -0.39 is 11.2 Å². The Labute approximate surface area is 117 Å². The molecule has 0 saturated heterocycles. The second-order valence-electron chi connectivity index (χ2n) is 4.17. The Hall–Kier alpha value is -1.15. The van der Waals surface area contributed by atoms with Crippen LogP contribution in [0.15, 0.2) is 5.16 Å². The van der Waals surface area contributed by atoms with Crippen molar-refractivity contribution in [1.29, 1.82) is 0 Å². The minimum atomic E-state index is -0.814. The average Bonchev–Trinajstić information content (AvgIpc) is 2.81. The van der Waals surface area contributed by atoms with Crippen LogP contribution in [0.25, 0.3) is 0 Å². The van der Waals surface area contributed by atoms with Crippen LogP contribution in [0.3, 0.4) is 0 Å². The first-order chi connectivity index (χ1) is 9.19. The molecule has 0 saturated carbocycles. The van der Waals surface area contributed by atoms with Gasteiger partial charge in [0.2, 0.25) is 5.16 Å². The van der Waals surface area contributed by atoms with Crippen LogP contribution in [0.5, 0.6) is 0 Å². The molecule has 1 aromatic heterocycles. The summed E-state index contributed by atoms with van der Waals surface area (Å²) in [6, 6.07) is 0. The smallest absolute Gasteiger partial charge is 0.317 e. The molecule has 1 rings (SSSR count). The molecule has 108 valence electrons. The number of aliphatic carboxylic acids is 1. The highest BCUT2D eigenvalue weighted by Gasteiger charge is 2.21. The van der Waals surface area contributed by atoms with E-state index in [1.54, 1.807) is 4.68 Å². The Morgan fingerprint density at radius 2 is 2.21 bits per heavy atom. The van der Waals surface area contributed by atoms with Gasteiger partial charge in [0.25, 0.3) is 0 Å². The maximum Gasteiger partial charge on any atom is 0.317 e. The molecule has 0 bridgehead atoms. The Kier molecular flexibility index (Phi) is 7.42. The summed E-state index contributed by atoms with van der Waals surface area (Å²) in [5, 5.41) is 23.9. The van der Waals surface area contributed by atoms with Crippen molar-refractivity contribution >= 4 is 17.7 Å². The van der Waals surface area contributed by atoms with E-state index in [1.165, 1.54) is 11.8 Å². The number of carboxylic acid groups (broad SMARTS) is 1. The van der Waals surface area contributed by atoms with Crippen molar-refractivity contribution in [1.82, 2.24) is 25.5 Å². The lowest BCUT2D eigenvalue weighted by Gasteiger charge is -2.10. The highest BCUT2D eigenvalue weighted by Crippen LogP contribution is 2.23. The fraction of sp³-hybridized carbons (Fsp3) is 0.818. The molecule has 2 N–H and O–H groups in total. The van der Waals surface area contributed by atoms with Crippen LogP contribution in [0.1, 0.15) is 33.1 Å². The van der Waals surface area contributed by atoms with Crippen molar-refractivity contribution < 1.29 is 9.90 Å². The Balaban J connectivity index is 2.53. The summed E-state index contributed by atoms with van der Waals surface area (Å²) in [4.78, 5) is 11.1. The van der Waals surface area contributed by atoms with Crippen LogP contribution in [0.2, 0.25) is 0 Å². The molecule has 19 heavy (non-hydrogen) atoms. The summed E-state index contributed by atoms with van der Waals surface area (Å²) in [6.45, 7) is 6.45. The molecule has 0 amide bonds. The van der Waals surface area contributed by atoms with E-state index in [0.717, 1.165) is 25.9 Å². The predicted molar refractivity (Wildman–Crippen MR) is 73.2 cm³/mol. The maximum absolute atomic E-state index is 11.1. The van der Waals surface area contributed by atoms with Crippen LogP contribution >= 0.6 is 11.8 Å². The number of thioether (sulfide) groups is 1. The molecule has 0 spiro atoms. The second-order valence-corrected chi connectivity index (χ2v) is 5.34. The van der Waals surface area contributed by atoms with E-state index in [9.17, 15) is 4.79 Å². The van der Waals surface area contributed by atoms with Gasteiger partial charge in [0.15, 0.2) is 0 Å². The molecule has 1 unspecified atom stereocenters. The van der Waals surface area contributed by atoms with Gasteiger partial charge >= 0.3 is 5.97 Å². The van der Waals surface area contributed by atoms with Crippen molar-refractivity contribution in [3.63, 3.8) is 0 Å². The van der Waals surface area contributed by atoms with Gasteiger partial charge in [0.05, 0.1) is 6.54 Å². The monoisotopic (exact) mass is 287 g/mol. The largest absolute Gasteiger partial charge is 0.480 e. The summed E-state index contributed by atoms with van der Waals surface area (Å²) < 4.78 is 1.65. The molecule has 7 nitrogen and oxygen atoms in total. The number of carbonyl (C=O) groups is 1. The van der Waals surface area contributed by atoms with Gasteiger partial charge in [-0.3, -0.25) is 4.79 Å². The molecule has 0 aliphatic rings. The van der Waals surface area contributed by atoms with Crippen molar-refractivity contribution in [3.8, 4) is 0 Å². The molecule has 1 aromatic rings. The van der Waals surface area contributed by atoms with E-state index in [-0.39, 0.29) is 0 Å². The third kappa shape index (κ3) is 5.56. The Morgan fingerprint density at radius 3 is 2.84 bits per heavy atom. The fourth-order valence-electron chi connectivity index (χ4n) is 1.53. The highest BCUT2D eigenvalue weighted by molar-refractivity contribution is 8.00. The number of aromatic nitrogens is 4. The van der Waals surface area contributed by atoms with Crippen molar-refractivity contribution in [3.05, 3.63) is 0 Å². The number of nitrogens with zero attached hydrogens (tertiary/aromatic N) is 4. The molecular formula is C11H21N5O2S. The summed E-state index contributed by atoms with van der Waals surface area (Å²) in [5.41, 5.74) is 0. The first-order valence-electron chi connectivity index (χ1n) is 6.55. The summed E-state index contributed by atoms with van der Waals surface area (Å²) in [6.07, 6.45) is 2.51. The van der Waals surface area contributed by atoms with Crippen molar-refractivity contribution in [2.24, 2.45) is 0 Å². The first-order valence-corrected chi connectivity index (χ1v) is 7.43. The lowest BCUT2D eigenvalue weighted by molar-refractivity contribution is -0.136. The minimum absolute atomic E-state index is 0.488. The van der Waals surface area contributed by atoms with E-state index in [2.05, 4.69) is 27.8 Å². The lowest BCUT2D eigenvalue weighted by atomic mass is 10.2. The normalized spacial score (nSPS) is 12.5. The third-order valence-corrected chi connectivity index (χ3v) is 3.73. The topological polar surface area (TPSA) is 92.9 Å². The third-order valence-electron chi connectivity index (χ3n) is 2.50. The van der Waals surface area contributed by atoms with E-state index in [0.29, 0.717) is 18.1 Å². The zero-order chi connectivity index (χ0) is 14.1. The highest BCUT2D eigenvalue weighted by atomic mass is 32.2. The molecular weight excluding hydrogens is 266 g/mol. The van der Waals surface area contributed by atoms with Gasteiger partial charge in [0.1, 0.15) is 5.25 Å². The van der Waals surface area contributed by atoms with Gasteiger partial charge in [-0.15, -0.1) is 5.10 Å². The first kappa shape index (κ1) is 15.9.